The average molecular weight is 901 g/mol. The normalized spacial score (nSPS) is 12.1. The van der Waals surface area contributed by atoms with Crippen LogP contribution in [0.2, 0.25) is 0 Å². The zero-order chi connectivity index (χ0) is 46.5. The minimum atomic E-state index is -0.771. The van der Waals surface area contributed by atoms with Gasteiger partial charge in [-0.25, -0.2) is 0 Å². The minimum Gasteiger partial charge on any atom is -0.462 e. The van der Waals surface area contributed by atoms with E-state index in [9.17, 15) is 14.4 Å². The number of esters is 3. The highest BCUT2D eigenvalue weighted by Crippen LogP contribution is 2.17. The van der Waals surface area contributed by atoms with Crippen molar-refractivity contribution in [3.8, 4) is 0 Å². The Balaban J connectivity index is 4.27. The third-order valence-corrected chi connectivity index (χ3v) is 12.7. The quantitative estimate of drug-likeness (QED) is 0.0262. The van der Waals surface area contributed by atoms with Gasteiger partial charge in [0.2, 0.25) is 0 Å². The van der Waals surface area contributed by atoms with E-state index < -0.39 is 6.10 Å². The van der Waals surface area contributed by atoms with Gasteiger partial charge in [-0.3, -0.25) is 14.4 Å². The summed E-state index contributed by atoms with van der Waals surface area (Å²) in [6.45, 7) is 6.61. The summed E-state index contributed by atoms with van der Waals surface area (Å²) in [5.41, 5.74) is 0. The number of hydrogen-bond donors (Lipinski definition) is 0. The van der Waals surface area contributed by atoms with Gasteiger partial charge < -0.3 is 14.2 Å². The molecule has 6 heteroatoms. The molecule has 0 N–H and O–H groups in total. The van der Waals surface area contributed by atoms with Crippen LogP contribution in [0.3, 0.4) is 0 Å². The summed E-state index contributed by atoms with van der Waals surface area (Å²) in [6.07, 6.45) is 61.7. The number of unbranched alkanes of at least 4 members (excludes halogenated alkanes) is 37. The fraction of sp³-hybridized carbons (Fsp3) is 0.879. The Morgan fingerprint density at radius 1 is 0.297 bits per heavy atom. The van der Waals surface area contributed by atoms with Gasteiger partial charge in [0.1, 0.15) is 13.2 Å². The molecule has 0 amide bonds. The van der Waals surface area contributed by atoms with Crippen LogP contribution in [0.25, 0.3) is 0 Å². The van der Waals surface area contributed by atoms with Gasteiger partial charge in [-0.15, -0.1) is 0 Å². The van der Waals surface area contributed by atoms with Gasteiger partial charge in [0.05, 0.1) is 0 Å². The van der Waals surface area contributed by atoms with Crippen LogP contribution in [0, 0.1) is 0 Å². The van der Waals surface area contributed by atoms with Crippen molar-refractivity contribution in [3.05, 3.63) is 24.3 Å². The van der Waals surface area contributed by atoms with E-state index in [1.54, 1.807) is 0 Å². The number of allylic oxidation sites excluding steroid dienone is 4. The monoisotopic (exact) mass is 901 g/mol. The molecule has 0 heterocycles. The van der Waals surface area contributed by atoms with E-state index in [4.69, 9.17) is 14.2 Å². The van der Waals surface area contributed by atoms with E-state index in [0.29, 0.717) is 19.3 Å². The molecule has 0 rings (SSSR count). The minimum absolute atomic E-state index is 0.0722. The van der Waals surface area contributed by atoms with Crippen molar-refractivity contribution in [2.24, 2.45) is 0 Å². The van der Waals surface area contributed by atoms with Crippen molar-refractivity contribution in [2.75, 3.05) is 13.2 Å². The van der Waals surface area contributed by atoms with Crippen molar-refractivity contribution >= 4 is 17.9 Å². The molecule has 1 unspecified atom stereocenters. The molecule has 6 nitrogen and oxygen atoms in total. The summed E-state index contributed by atoms with van der Waals surface area (Å²) in [5.74, 6) is -0.869. The van der Waals surface area contributed by atoms with E-state index in [2.05, 4.69) is 45.1 Å². The fourth-order valence-corrected chi connectivity index (χ4v) is 8.38. The van der Waals surface area contributed by atoms with Crippen molar-refractivity contribution in [1.29, 1.82) is 0 Å². The molecule has 0 aliphatic rings. The van der Waals surface area contributed by atoms with Gasteiger partial charge >= 0.3 is 17.9 Å². The van der Waals surface area contributed by atoms with E-state index >= 15 is 0 Å². The van der Waals surface area contributed by atoms with Crippen molar-refractivity contribution in [3.63, 3.8) is 0 Å². The summed E-state index contributed by atoms with van der Waals surface area (Å²) in [7, 11) is 0. The highest BCUT2D eigenvalue weighted by Gasteiger charge is 2.19. The fourth-order valence-electron chi connectivity index (χ4n) is 8.38. The number of rotatable bonds is 52. The molecular weight excluding hydrogens is 793 g/mol. The van der Waals surface area contributed by atoms with Crippen molar-refractivity contribution in [1.82, 2.24) is 0 Å². The molecule has 0 spiro atoms. The maximum atomic E-state index is 12.8. The molecule has 0 aromatic heterocycles. The predicted octanol–water partition coefficient (Wildman–Crippen LogP) is 18.7. The van der Waals surface area contributed by atoms with Crippen LogP contribution in [0.4, 0.5) is 0 Å². The maximum Gasteiger partial charge on any atom is 0.306 e. The Morgan fingerprint density at radius 3 is 0.844 bits per heavy atom. The van der Waals surface area contributed by atoms with Crippen LogP contribution in [0.1, 0.15) is 310 Å². The third kappa shape index (κ3) is 50.9. The molecule has 0 aromatic rings. The SMILES string of the molecule is CCC/C=C\CCCCCCCC(=O)OCC(COC(=O)CCCCCCCCC/C=C\CCCCCCCCC)OC(=O)CCCCCCCCCCCCCCCCCCCC. The van der Waals surface area contributed by atoms with Crippen molar-refractivity contribution in [2.45, 2.75) is 316 Å². The van der Waals surface area contributed by atoms with Crippen LogP contribution in [-0.2, 0) is 28.6 Å². The second kappa shape index (κ2) is 53.5. The molecule has 64 heavy (non-hydrogen) atoms. The lowest BCUT2D eigenvalue weighted by Gasteiger charge is -2.18. The first kappa shape index (κ1) is 61.9. The van der Waals surface area contributed by atoms with Crippen LogP contribution in [0.15, 0.2) is 24.3 Å². The number of carbonyl (C=O) groups is 3. The highest BCUT2D eigenvalue weighted by molar-refractivity contribution is 5.71. The van der Waals surface area contributed by atoms with Crippen LogP contribution in [0.5, 0.6) is 0 Å². The summed E-state index contributed by atoms with van der Waals surface area (Å²) >= 11 is 0. The van der Waals surface area contributed by atoms with Crippen LogP contribution < -0.4 is 0 Å². The van der Waals surface area contributed by atoms with Gasteiger partial charge in [-0.05, 0) is 64.2 Å². The van der Waals surface area contributed by atoms with Crippen LogP contribution in [-0.4, -0.2) is 37.2 Å². The molecule has 0 aliphatic carbocycles. The van der Waals surface area contributed by atoms with E-state index in [-0.39, 0.29) is 31.1 Å². The number of ether oxygens (including phenoxy) is 3. The van der Waals surface area contributed by atoms with E-state index in [1.165, 1.54) is 199 Å². The Hall–Kier alpha value is -2.11. The molecule has 0 fully saturated rings. The molecule has 0 bridgehead atoms. The lowest BCUT2D eigenvalue weighted by Crippen LogP contribution is -2.30. The number of carbonyl (C=O) groups excluding carboxylic acids is 3. The molecule has 0 aromatic carbocycles. The third-order valence-electron chi connectivity index (χ3n) is 12.7. The molecule has 0 saturated carbocycles. The second-order valence-electron chi connectivity index (χ2n) is 19.2. The molecular formula is C58H108O6. The molecule has 0 aliphatic heterocycles. The Labute approximate surface area is 398 Å². The Morgan fingerprint density at radius 2 is 0.547 bits per heavy atom. The van der Waals surface area contributed by atoms with Gasteiger partial charge in [0.15, 0.2) is 6.10 Å². The average Bonchev–Trinajstić information content (AvgIpc) is 3.29. The maximum absolute atomic E-state index is 12.8. The predicted molar refractivity (Wildman–Crippen MR) is 275 cm³/mol. The summed E-state index contributed by atoms with van der Waals surface area (Å²) in [4.78, 5) is 38.0. The zero-order valence-electron chi connectivity index (χ0n) is 43.1. The molecule has 0 saturated heterocycles. The first-order valence-electron chi connectivity index (χ1n) is 28.3. The lowest BCUT2D eigenvalue weighted by atomic mass is 10.0. The van der Waals surface area contributed by atoms with Gasteiger partial charge in [-0.2, -0.15) is 0 Å². The standard InChI is InChI=1S/C58H108O6/c1-4-7-10-13-16-19-22-24-26-28-30-32-34-36-39-42-45-48-51-57(60)63-54-55(53-62-56(59)50-47-44-41-38-21-18-15-12-9-6-3)64-58(61)52-49-46-43-40-37-35-33-31-29-27-25-23-20-17-14-11-8-5-2/h12,15,26,28,55H,4-11,13-14,16-25,27,29-54H2,1-3H3/b15-12-,28-26-. The molecule has 1 atom stereocenters. The first-order valence-corrected chi connectivity index (χ1v) is 28.3. The first-order chi connectivity index (χ1) is 31.5. The molecule has 0 radical (unpaired) electrons. The lowest BCUT2D eigenvalue weighted by molar-refractivity contribution is -0.167. The van der Waals surface area contributed by atoms with Crippen LogP contribution >= 0.6 is 0 Å². The summed E-state index contributed by atoms with van der Waals surface area (Å²) in [5, 5.41) is 0. The van der Waals surface area contributed by atoms with Gasteiger partial charge in [-0.1, -0.05) is 251 Å². The molecule has 376 valence electrons. The Bertz CT molecular complexity index is 1040. The topological polar surface area (TPSA) is 78.9 Å². The smallest absolute Gasteiger partial charge is 0.306 e. The van der Waals surface area contributed by atoms with Crippen molar-refractivity contribution < 1.29 is 28.6 Å². The Kier molecular flexibility index (Phi) is 51.7. The van der Waals surface area contributed by atoms with Gasteiger partial charge in [0.25, 0.3) is 0 Å². The summed E-state index contributed by atoms with van der Waals surface area (Å²) < 4.78 is 16.8. The second-order valence-corrected chi connectivity index (χ2v) is 19.2. The van der Waals surface area contributed by atoms with E-state index in [0.717, 1.165) is 70.6 Å². The highest BCUT2D eigenvalue weighted by atomic mass is 16.6. The van der Waals surface area contributed by atoms with Gasteiger partial charge in [0, 0.05) is 19.3 Å². The summed E-state index contributed by atoms with van der Waals surface area (Å²) in [6, 6.07) is 0. The van der Waals surface area contributed by atoms with E-state index in [1.807, 2.05) is 0 Å². The number of hydrogen-bond acceptors (Lipinski definition) is 6. The zero-order valence-corrected chi connectivity index (χ0v) is 43.1. The largest absolute Gasteiger partial charge is 0.462 e.